The van der Waals surface area contributed by atoms with Crippen LogP contribution in [0.1, 0.15) is 44.1 Å². The highest BCUT2D eigenvalue weighted by molar-refractivity contribution is 7.03. The molecule has 0 radical (unpaired) electrons. The van der Waals surface area contributed by atoms with E-state index in [1.165, 1.54) is 31.2 Å². The van der Waals surface area contributed by atoms with E-state index in [1.54, 1.807) is 11.5 Å². The Morgan fingerprint density at radius 2 is 2.40 bits per heavy atom. The molecule has 1 fully saturated rings. The molecular formula is C12H20N2S. The number of rotatable bonds is 3. The summed E-state index contributed by atoms with van der Waals surface area (Å²) < 4.78 is 4.24. The van der Waals surface area contributed by atoms with Crippen LogP contribution in [0.2, 0.25) is 0 Å². The zero-order valence-corrected chi connectivity index (χ0v) is 10.4. The molecule has 2 rings (SSSR count). The molecule has 1 aromatic rings. The van der Waals surface area contributed by atoms with Crippen LogP contribution in [0.3, 0.4) is 0 Å². The maximum absolute atomic E-state index is 4.24. The molecule has 15 heavy (non-hydrogen) atoms. The highest BCUT2D eigenvalue weighted by Crippen LogP contribution is 2.39. The van der Waals surface area contributed by atoms with Crippen LogP contribution < -0.4 is 5.32 Å². The van der Waals surface area contributed by atoms with Gasteiger partial charge < -0.3 is 5.32 Å². The number of nitrogens with one attached hydrogen (secondary N) is 1. The van der Waals surface area contributed by atoms with Gasteiger partial charge in [-0.2, -0.15) is 0 Å². The predicted molar refractivity (Wildman–Crippen MR) is 65.3 cm³/mol. The summed E-state index contributed by atoms with van der Waals surface area (Å²) in [5.41, 5.74) is 1.46. The van der Waals surface area contributed by atoms with Crippen LogP contribution in [0.15, 0.2) is 11.6 Å². The molecule has 0 bridgehead atoms. The predicted octanol–water partition coefficient (Wildman–Crippen LogP) is 3.02. The van der Waals surface area contributed by atoms with Crippen LogP contribution in [0.5, 0.6) is 0 Å². The molecule has 1 saturated carbocycles. The van der Waals surface area contributed by atoms with Crippen molar-refractivity contribution in [3.63, 3.8) is 0 Å². The fraction of sp³-hybridized carbons (Fsp3) is 0.750. The summed E-state index contributed by atoms with van der Waals surface area (Å²) in [7, 11) is 2.08. The Bertz CT molecular complexity index is 284. The van der Waals surface area contributed by atoms with E-state index in [4.69, 9.17) is 0 Å². The van der Waals surface area contributed by atoms with Gasteiger partial charge in [0.15, 0.2) is 0 Å². The molecule has 0 amide bonds. The first-order chi connectivity index (χ1) is 7.35. The van der Waals surface area contributed by atoms with Crippen LogP contribution in [0.4, 0.5) is 0 Å². The number of hydrogen-bond donors (Lipinski definition) is 1. The van der Waals surface area contributed by atoms with E-state index in [0.29, 0.717) is 6.04 Å². The van der Waals surface area contributed by atoms with Crippen LogP contribution in [-0.2, 0) is 0 Å². The van der Waals surface area contributed by atoms with Crippen molar-refractivity contribution >= 4 is 11.5 Å². The van der Waals surface area contributed by atoms with Gasteiger partial charge >= 0.3 is 0 Å². The van der Waals surface area contributed by atoms with Crippen molar-refractivity contribution in [3.05, 3.63) is 17.1 Å². The second kappa shape index (κ2) is 5.08. The van der Waals surface area contributed by atoms with Gasteiger partial charge in [-0.05, 0) is 55.2 Å². The molecule has 0 spiro atoms. The number of nitrogens with zero attached hydrogens (tertiary/aromatic N) is 1. The smallest absolute Gasteiger partial charge is 0.0441 e. The SMILES string of the molecule is CCC1CCC(NC)CC1c1cnsc1. The third-order valence-corrected chi connectivity index (χ3v) is 4.41. The quantitative estimate of drug-likeness (QED) is 0.853. The molecule has 3 heteroatoms. The average Bonchev–Trinajstić information content (AvgIpc) is 2.81. The van der Waals surface area contributed by atoms with Crippen LogP contribution in [0.25, 0.3) is 0 Å². The summed E-state index contributed by atoms with van der Waals surface area (Å²) >= 11 is 1.58. The third kappa shape index (κ3) is 2.40. The van der Waals surface area contributed by atoms with Crippen molar-refractivity contribution in [1.29, 1.82) is 0 Å². The molecule has 84 valence electrons. The molecule has 0 aromatic carbocycles. The van der Waals surface area contributed by atoms with Crippen LogP contribution >= 0.6 is 11.5 Å². The first kappa shape index (κ1) is 11.1. The Labute approximate surface area is 96.3 Å². The largest absolute Gasteiger partial charge is 0.317 e. The molecule has 0 saturated heterocycles. The van der Waals surface area contributed by atoms with Gasteiger partial charge in [-0.25, -0.2) is 4.37 Å². The van der Waals surface area contributed by atoms with E-state index in [0.717, 1.165) is 11.8 Å². The first-order valence-electron chi connectivity index (χ1n) is 5.91. The Hall–Kier alpha value is -0.410. The minimum Gasteiger partial charge on any atom is -0.317 e. The number of hydrogen-bond acceptors (Lipinski definition) is 3. The highest BCUT2D eigenvalue weighted by Gasteiger charge is 2.30. The number of aromatic nitrogens is 1. The second-order valence-corrected chi connectivity index (χ2v) is 5.19. The van der Waals surface area contributed by atoms with Crippen molar-refractivity contribution in [3.8, 4) is 0 Å². The van der Waals surface area contributed by atoms with Gasteiger partial charge in [0.25, 0.3) is 0 Å². The van der Waals surface area contributed by atoms with Gasteiger partial charge in [0.05, 0.1) is 0 Å². The summed E-state index contributed by atoms with van der Waals surface area (Å²) in [5.74, 6) is 1.60. The van der Waals surface area contributed by atoms with Gasteiger partial charge in [0.2, 0.25) is 0 Å². The lowest BCUT2D eigenvalue weighted by Gasteiger charge is -2.35. The monoisotopic (exact) mass is 224 g/mol. The summed E-state index contributed by atoms with van der Waals surface area (Å²) in [6.07, 6.45) is 7.35. The van der Waals surface area contributed by atoms with Crippen LogP contribution in [0, 0.1) is 5.92 Å². The van der Waals surface area contributed by atoms with Gasteiger partial charge in [0, 0.05) is 17.6 Å². The van der Waals surface area contributed by atoms with Crippen molar-refractivity contribution < 1.29 is 0 Å². The third-order valence-electron chi connectivity index (χ3n) is 3.81. The van der Waals surface area contributed by atoms with Crippen molar-refractivity contribution in [2.45, 2.75) is 44.6 Å². The molecule has 3 atom stereocenters. The van der Waals surface area contributed by atoms with Crippen molar-refractivity contribution in [2.75, 3.05) is 7.05 Å². The zero-order valence-electron chi connectivity index (χ0n) is 9.57. The highest BCUT2D eigenvalue weighted by atomic mass is 32.1. The standard InChI is InChI=1S/C12H20N2S/c1-3-9-4-5-11(13-2)6-12(9)10-7-14-15-8-10/h7-9,11-13H,3-6H2,1-2H3. The minimum absolute atomic E-state index is 0.706. The molecule has 0 aliphatic heterocycles. The van der Waals surface area contributed by atoms with Gasteiger partial charge in [-0.3, -0.25) is 0 Å². The topological polar surface area (TPSA) is 24.9 Å². The molecule has 1 aliphatic carbocycles. The van der Waals surface area contributed by atoms with Gasteiger partial charge in [0.1, 0.15) is 0 Å². The average molecular weight is 224 g/mol. The van der Waals surface area contributed by atoms with E-state index in [9.17, 15) is 0 Å². The van der Waals surface area contributed by atoms with Crippen molar-refractivity contribution in [1.82, 2.24) is 9.69 Å². The molecular weight excluding hydrogens is 204 g/mol. The van der Waals surface area contributed by atoms with E-state index < -0.39 is 0 Å². The maximum Gasteiger partial charge on any atom is 0.0441 e. The molecule has 1 aromatic heterocycles. The molecule has 3 unspecified atom stereocenters. The Balaban J connectivity index is 2.10. The Kier molecular flexibility index (Phi) is 3.76. The van der Waals surface area contributed by atoms with E-state index in [-0.39, 0.29) is 0 Å². The first-order valence-corrected chi connectivity index (χ1v) is 6.75. The minimum atomic E-state index is 0.706. The summed E-state index contributed by atoms with van der Waals surface area (Å²) in [6.45, 7) is 2.32. The van der Waals surface area contributed by atoms with Crippen molar-refractivity contribution in [2.24, 2.45) is 5.92 Å². The molecule has 1 N–H and O–H groups in total. The van der Waals surface area contributed by atoms with Gasteiger partial charge in [-0.15, -0.1) is 0 Å². The normalized spacial score (nSPS) is 31.7. The van der Waals surface area contributed by atoms with E-state index in [1.807, 2.05) is 0 Å². The lowest BCUT2D eigenvalue weighted by Crippen LogP contribution is -2.34. The summed E-state index contributed by atoms with van der Waals surface area (Å²) in [5, 5.41) is 5.65. The van der Waals surface area contributed by atoms with E-state index in [2.05, 4.69) is 35.2 Å². The maximum atomic E-state index is 4.24. The summed E-state index contributed by atoms with van der Waals surface area (Å²) in [4.78, 5) is 0. The fourth-order valence-corrected chi connectivity index (χ4v) is 3.39. The zero-order chi connectivity index (χ0) is 10.7. The van der Waals surface area contributed by atoms with Crippen LogP contribution in [-0.4, -0.2) is 17.5 Å². The fourth-order valence-electron chi connectivity index (χ4n) is 2.79. The lowest BCUT2D eigenvalue weighted by molar-refractivity contribution is 0.254. The Morgan fingerprint density at radius 1 is 1.53 bits per heavy atom. The van der Waals surface area contributed by atoms with Gasteiger partial charge in [-0.1, -0.05) is 13.3 Å². The lowest BCUT2D eigenvalue weighted by atomic mass is 9.73. The Morgan fingerprint density at radius 3 is 3.00 bits per heavy atom. The molecule has 1 heterocycles. The molecule has 2 nitrogen and oxygen atoms in total. The molecule has 1 aliphatic rings. The van der Waals surface area contributed by atoms with E-state index >= 15 is 0 Å². The second-order valence-electron chi connectivity index (χ2n) is 4.53. The summed E-state index contributed by atoms with van der Waals surface area (Å²) in [6, 6.07) is 0.706.